The van der Waals surface area contributed by atoms with Gasteiger partial charge >= 0.3 is 18.0 Å². The molecule has 0 aromatic heterocycles. The van der Waals surface area contributed by atoms with Crippen molar-refractivity contribution < 1.29 is 58.8 Å². The van der Waals surface area contributed by atoms with Crippen LogP contribution in [0.15, 0.2) is 24.3 Å². The van der Waals surface area contributed by atoms with Gasteiger partial charge in [-0.1, -0.05) is 32.4 Å². The number of carboxylic acids is 2. The number of hydrazine groups is 1. The third kappa shape index (κ3) is 13.9. The number of benzene rings is 1. The van der Waals surface area contributed by atoms with E-state index in [9.17, 15) is 58.8 Å². The van der Waals surface area contributed by atoms with Gasteiger partial charge in [-0.15, -0.1) is 0 Å². The highest BCUT2D eigenvalue weighted by Gasteiger charge is 2.34. The molecule has 0 aliphatic rings. The monoisotopic (exact) mass is 681 g/mol. The lowest BCUT2D eigenvalue weighted by molar-refractivity contribution is -0.141. The quantitative estimate of drug-likeness (QED) is 0.0755. The number of carbonyl (C=O) groups is 8. The highest BCUT2D eigenvalue weighted by molar-refractivity contribution is 5.95. The molecule has 19 heteroatoms. The van der Waals surface area contributed by atoms with Gasteiger partial charge in [-0.2, -0.15) is 0 Å². The van der Waals surface area contributed by atoms with Gasteiger partial charge in [0.25, 0.3) is 5.91 Å². The minimum atomic E-state index is -1.62. The fraction of sp³-hybridized carbons (Fsp3) is 0.517. The lowest BCUT2D eigenvalue weighted by atomic mass is 9.98. The Labute approximate surface area is 275 Å². The smallest absolute Gasteiger partial charge is 0.337 e. The van der Waals surface area contributed by atoms with Crippen LogP contribution in [0, 0.1) is 5.92 Å². The Morgan fingerprint density at radius 1 is 0.812 bits per heavy atom. The van der Waals surface area contributed by atoms with E-state index >= 15 is 0 Å². The Morgan fingerprint density at radius 3 is 1.85 bits per heavy atom. The van der Waals surface area contributed by atoms with Crippen molar-refractivity contribution in [1.82, 2.24) is 31.7 Å². The second-order valence-corrected chi connectivity index (χ2v) is 11.0. The molecule has 48 heavy (non-hydrogen) atoms. The van der Waals surface area contributed by atoms with Gasteiger partial charge in [0.2, 0.25) is 23.6 Å². The van der Waals surface area contributed by atoms with Crippen LogP contribution in [0.1, 0.15) is 58.9 Å². The van der Waals surface area contributed by atoms with Gasteiger partial charge < -0.3 is 47.4 Å². The van der Waals surface area contributed by atoms with Crippen LogP contribution in [-0.2, 0) is 40.1 Å². The summed E-state index contributed by atoms with van der Waals surface area (Å²) < 4.78 is 0. The summed E-state index contributed by atoms with van der Waals surface area (Å²) in [7, 11) is 0. The number of aliphatic hydroxyl groups is 1. The molecule has 0 radical (unpaired) electrons. The molecule has 6 atom stereocenters. The maximum Gasteiger partial charge on any atom is 0.337 e. The van der Waals surface area contributed by atoms with Gasteiger partial charge in [-0.3, -0.25) is 39.0 Å². The zero-order chi connectivity index (χ0) is 36.7. The summed E-state index contributed by atoms with van der Waals surface area (Å²) in [5.41, 5.74) is 7.93. The minimum Gasteiger partial charge on any atom is -0.508 e. The molecule has 11 N–H and O–H groups in total. The number of aromatic hydroxyl groups is 1. The molecular formula is C29H43N7O12. The number of nitrogens with zero attached hydrogens (tertiary/aromatic N) is 1. The number of primary amides is 1. The Hall–Kier alpha value is -5.46. The van der Waals surface area contributed by atoms with Crippen molar-refractivity contribution in [1.29, 1.82) is 0 Å². The van der Waals surface area contributed by atoms with Crippen molar-refractivity contribution in [3.8, 4) is 5.75 Å². The highest BCUT2D eigenvalue weighted by Crippen LogP contribution is 2.14. The summed E-state index contributed by atoms with van der Waals surface area (Å²) in [6.45, 7) is 5.13. The van der Waals surface area contributed by atoms with E-state index in [0.717, 1.165) is 6.92 Å². The number of carbonyl (C=O) groups excluding carboxylic acids is 6. The molecule has 0 aliphatic carbocycles. The Bertz CT molecular complexity index is 1320. The fourth-order valence-electron chi connectivity index (χ4n) is 4.18. The number of aliphatic hydroxyl groups excluding tert-OH is 1. The van der Waals surface area contributed by atoms with Crippen LogP contribution in [0.3, 0.4) is 0 Å². The van der Waals surface area contributed by atoms with E-state index in [-0.39, 0.29) is 5.75 Å². The number of hydrogen-bond donors (Lipinski definition) is 10. The van der Waals surface area contributed by atoms with Gasteiger partial charge in [0.1, 0.15) is 29.9 Å². The third-order valence-electron chi connectivity index (χ3n) is 6.98. The van der Waals surface area contributed by atoms with Gasteiger partial charge in [-0.25, -0.2) is 9.80 Å². The molecule has 0 heterocycles. The summed E-state index contributed by atoms with van der Waals surface area (Å²) in [6.07, 6.45) is -3.03. The molecule has 1 aromatic carbocycles. The van der Waals surface area contributed by atoms with Crippen LogP contribution in [0.5, 0.6) is 5.75 Å². The van der Waals surface area contributed by atoms with Crippen molar-refractivity contribution in [2.75, 3.05) is 0 Å². The largest absolute Gasteiger partial charge is 0.508 e. The van der Waals surface area contributed by atoms with Crippen molar-refractivity contribution in [3.05, 3.63) is 29.8 Å². The summed E-state index contributed by atoms with van der Waals surface area (Å²) in [6, 6.07) is -1.85. The van der Waals surface area contributed by atoms with Gasteiger partial charge in [0.15, 0.2) is 0 Å². The number of phenols is 1. The minimum absolute atomic E-state index is 0.110. The normalized spacial score (nSPS) is 14.4. The van der Waals surface area contributed by atoms with E-state index in [2.05, 4.69) is 26.7 Å². The van der Waals surface area contributed by atoms with Gasteiger partial charge in [0.05, 0.1) is 19.1 Å². The van der Waals surface area contributed by atoms with Crippen LogP contribution in [-0.4, -0.2) is 103 Å². The maximum atomic E-state index is 13.6. The molecule has 1 rings (SSSR count). The second-order valence-electron chi connectivity index (χ2n) is 11.0. The Kier molecular flexibility index (Phi) is 16.3. The molecule has 7 amide bonds. The van der Waals surface area contributed by atoms with E-state index in [1.807, 2.05) is 0 Å². The predicted molar refractivity (Wildman–Crippen MR) is 165 cm³/mol. The van der Waals surface area contributed by atoms with E-state index in [0.29, 0.717) is 17.0 Å². The number of carboxylic acid groups (broad SMARTS) is 2. The van der Waals surface area contributed by atoms with Crippen LogP contribution >= 0.6 is 0 Å². The number of nitrogens with two attached hydrogens (primary N) is 1. The molecule has 0 spiro atoms. The molecule has 266 valence electrons. The molecule has 1 aromatic rings. The van der Waals surface area contributed by atoms with Crippen LogP contribution < -0.4 is 32.4 Å². The van der Waals surface area contributed by atoms with Crippen molar-refractivity contribution in [2.45, 2.75) is 90.2 Å². The number of nitrogens with one attached hydrogen (secondary N) is 5. The first-order valence-corrected chi connectivity index (χ1v) is 14.8. The first-order chi connectivity index (χ1) is 22.4. The zero-order valence-corrected chi connectivity index (χ0v) is 26.9. The van der Waals surface area contributed by atoms with E-state index in [1.165, 1.54) is 31.2 Å². The zero-order valence-electron chi connectivity index (χ0n) is 26.9. The number of aliphatic carboxylic acids is 2. The lowest BCUT2D eigenvalue weighted by Gasteiger charge is -2.31. The van der Waals surface area contributed by atoms with E-state index in [1.54, 1.807) is 13.8 Å². The first kappa shape index (κ1) is 40.6. The van der Waals surface area contributed by atoms with Gasteiger partial charge in [-0.05, 0) is 37.0 Å². The standard InChI is InChI=1S/C29H43N7O12/c1-5-14(2)23(33-27(46)20(12-22(42)43)31-16(4)38)28(47)35-36(13-17-6-8-18(39)9-7-17)29(48)32-19(10-11-21(40)41)26(45)34-24(15(3)37)25(30)44/h6-9,14-15,19-20,23-24,37,39H,5,10-13H2,1-4H3,(H2,30,44)(H,31,38)(H,32,48)(H,33,46)(H,34,45)(H,35,47)(H,40,41)(H,42,43)/t14-,15+,19-,20-,23-,24-/m0/s1. The lowest BCUT2D eigenvalue weighted by Crippen LogP contribution is -2.62. The average Bonchev–Trinajstić information content (AvgIpc) is 2.99. The molecule has 0 unspecified atom stereocenters. The van der Waals surface area contributed by atoms with E-state index in [4.69, 9.17) is 5.73 Å². The first-order valence-electron chi connectivity index (χ1n) is 14.8. The fourth-order valence-corrected chi connectivity index (χ4v) is 4.18. The predicted octanol–water partition coefficient (Wildman–Crippen LogP) is -1.97. The van der Waals surface area contributed by atoms with Crippen molar-refractivity contribution in [2.24, 2.45) is 11.7 Å². The summed E-state index contributed by atoms with van der Waals surface area (Å²) in [4.78, 5) is 99.1. The summed E-state index contributed by atoms with van der Waals surface area (Å²) in [5.74, 6) is -8.27. The number of phenolic OH excluding ortho intramolecular Hbond substituents is 1. The van der Waals surface area contributed by atoms with Gasteiger partial charge in [0, 0.05) is 13.3 Å². The molecule has 0 bridgehead atoms. The molecule has 0 saturated heterocycles. The number of amides is 7. The van der Waals surface area contributed by atoms with E-state index < -0.39 is 110 Å². The number of rotatable bonds is 18. The molecular weight excluding hydrogens is 638 g/mol. The maximum absolute atomic E-state index is 13.6. The van der Waals surface area contributed by atoms with Crippen molar-refractivity contribution >= 4 is 47.5 Å². The third-order valence-corrected chi connectivity index (χ3v) is 6.98. The number of hydrogen-bond acceptors (Lipinski definition) is 10. The van der Waals surface area contributed by atoms with Crippen LogP contribution in [0.2, 0.25) is 0 Å². The highest BCUT2D eigenvalue weighted by atomic mass is 16.4. The van der Waals surface area contributed by atoms with Crippen LogP contribution in [0.25, 0.3) is 0 Å². The average molecular weight is 682 g/mol. The SMILES string of the molecule is CC[C@H](C)[C@H](NC(=O)[C@H](CC(=O)O)NC(C)=O)C(=O)NN(Cc1ccc(O)cc1)C(=O)N[C@@H](CCC(=O)O)C(=O)N[C@H](C(N)=O)[C@@H](C)O. The Morgan fingerprint density at radius 2 is 1.38 bits per heavy atom. The summed E-state index contributed by atoms with van der Waals surface area (Å²) >= 11 is 0. The molecule has 0 fully saturated rings. The Balaban J connectivity index is 3.43. The molecule has 0 saturated carbocycles. The van der Waals surface area contributed by atoms with Crippen molar-refractivity contribution in [3.63, 3.8) is 0 Å². The topological polar surface area (TPSA) is 307 Å². The van der Waals surface area contributed by atoms with Crippen LogP contribution in [0.4, 0.5) is 4.79 Å². The second kappa shape index (κ2) is 19.3. The summed E-state index contributed by atoms with van der Waals surface area (Å²) in [5, 5.41) is 47.7. The molecule has 19 nitrogen and oxygen atoms in total. The molecule has 0 aliphatic heterocycles. The number of urea groups is 1.